The summed E-state index contributed by atoms with van der Waals surface area (Å²) in [6.07, 6.45) is -0.0127. The van der Waals surface area contributed by atoms with Crippen molar-refractivity contribution in [1.29, 1.82) is 5.26 Å². The topological polar surface area (TPSA) is 64.3 Å². The molecule has 1 saturated heterocycles. The predicted molar refractivity (Wildman–Crippen MR) is 56.3 cm³/mol. The lowest BCUT2D eigenvalue weighted by Crippen LogP contribution is -2.27. The van der Waals surface area contributed by atoms with Gasteiger partial charge < -0.3 is 10.0 Å². The van der Waals surface area contributed by atoms with E-state index in [2.05, 4.69) is 26.8 Å². The molecule has 2 atom stereocenters. The Balaban J connectivity index is 2.66. The molecule has 4 heteroatoms. The summed E-state index contributed by atoms with van der Waals surface area (Å²) in [5.74, 6) is 0.0476. The fourth-order valence-corrected chi connectivity index (χ4v) is 2.17. The van der Waals surface area contributed by atoms with Crippen LogP contribution in [0.2, 0.25) is 0 Å². The van der Waals surface area contributed by atoms with Gasteiger partial charge in [0.25, 0.3) is 0 Å². The largest absolute Gasteiger partial charge is 0.465 e. The molecule has 0 bridgehead atoms. The van der Waals surface area contributed by atoms with E-state index in [0.717, 1.165) is 6.42 Å². The quantitative estimate of drug-likeness (QED) is 0.721. The van der Waals surface area contributed by atoms with Crippen molar-refractivity contribution in [2.75, 3.05) is 13.1 Å². The summed E-state index contributed by atoms with van der Waals surface area (Å²) in [5, 5.41) is 17.8. The molecule has 1 fully saturated rings. The zero-order valence-corrected chi connectivity index (χ0v) is 9.53. The molecule has 1 aliphatic heterocycles. The second kappa shape index (κ2) is 4.09. The second-order valence-electron chi connectivity index (χ2n) is 5.45. The molecular weight excluding hydrogens is 192 g/mol. The van der Waals surface area contributed by atoms with Crippen LogP contribution in [-0.2, 0) is 0 Å². The van der Waals surface area contributed by atoms with E-state index < -0.39 is 6.09 Å². The SMILES string of the molecule is CC(C)(C)CC1CN(C(=O)O)CC1C#N. The molecule has 15 heavy (non-hydrogen) atoms. The Labute approximate surface area is 90.5 Å². The zero-order valence-electron chi connectivity index (χ0n) is 9.53. The van der Waals surface area contributed by atoms with Gasteiger partial charge in [-0.15, -0.1) is 0 Å². The molecule has 1 aliphatic rings. The van der Waals surface area contributed by atoms with Crippen LogP contribution in [0.3, 0.4) is 0 Å². The van der Waals surface area contributed by atoms with Gasteiger partial charge in [0.2, 0.25) is 0 Å². The number of nitrogens with zero attached hydrogens (tertiary/aromatic N) is 2. The molecule has 1 amide bonds. The van der Waals surface area contributed by atoms with Gasteiger partial charge in [0.05, 0.1) is 12.0 Å². The highest BCUT2D eigenvalue weighted by Crippen LogP contribution is 2.33. The van der Waals surface area contributed by atoms with Crippen molar-refractivity contribution < 1.29 is 9.90 Å². The lowest BCUT2D eigenvalue weighted by Gasteiger charge is -2.23. The minimum Gasteiger partial charge on any atom is -0.465 e. The van der Waals surface area contributed by atoms with Gasteiger partial charge in [0.1, 0.15) is 0 Å². The van der Waals surface area contributed by atoms with E-state index in [-0.39, 0.29) is 17.3 Å². The van der Waals surface area contributed by atoms with Crippen LogP contribution in [0.4, 0.5) is 4.79 Å². The van der Waals surface area contributed by atoms with Gasteiger partial charge in [-0.3, -0.25) is 0 Å². The van der Waals surface area contributed by atoms with E-state index in [0.29, 0.717) is 13.1 Å². The summed E-state index contributed by atoms with van der Waals surface area (Å²) in [5.41, 5.74) is 0.147. The minimum atomic E-state index is -0.911. The highest BCUT2D eigenvalue weighted by atomic mass is 16.4. The summed E-state index contributed by atoms with van der Waals surface area (Å²) in [4.78, 5) is 12.1. The molecule has 0 aromatic rings. The fourth-order valence-electron chi connectivity index (χ4n) is 2.17. The van der Waals surface area contributed by atoms with Gasteiger partial charge in [-0.2, -0.15) is 5.26 Å². The van der Waals surface area contributed by atoms with Crippen molar-refractivity contribution in [3.63, 3.8) is 0 Å². The molecule has 0 aliphatic carbocycles. The Morgan fingerprint density at radius 3 is 2.53 bits per heavy atom. The van der Waals surface area contributed by atoms with E-state index in [1.807, 2.05) is 0 Å². The molecule has 0 saturated carbocycles. The van der Waals surface area contributed by atoms with Crippen LogP contribution in [0.1, 0.15) is 27.2 Å². The van der Waals surface area contributed by atoms with Gasteiger partial charge in [0.15, 0.2) is 0 Å². The fraction of sp³-hybridized carbons (Fsp3) is 0.818. The molecule has 0 aromatic heterocycles. The number of hydrogen-bond acceptors (Lipinski definition) is 2. The first-order valence-electron chi connectivity index (χ1n) is 5.21. The van der Waals surface area contributed by atoms with Gasteiger partial charge >= 0.3 is 6.09 Å². The van der Waals surface area contributed by atoms with E-state index in [1.165, 1.54) is 4.90 Å². The summed E-state index contributed by atoms with van der Waals surface area (Å²) < 4.78 is 0. The Bertz CT molecular complexity index is 288. The number of likely N-dealkylation sites (tertiary alicyclic amines) is 1. The zero-order chi connectivity index (χ0) is 11.6. The van der Waals surface area contributed by atoms with Crippen molar-refractivity contribution in [2.45, 2.75) is 27.2 Å². The first-order chi connectivity index (χ1) is 6.83. The van der Waals surface area contributed by atoms with E-state index >= 15 is 0 Å². The molecular formula is C11H18N2O2. The molecule has 0 aromatic carbocycles. The van der Waals surface area contributed by atoms with Crippen molar-refractivity contribution in [2.24, 2.45) is 17.3 Å². The van der Waals surface area contributed by atoms with Crippen molar-refractivity contribution in [3.05, 3.63) is 0 Å². The van der Waals surface area contributed by atoms with Gasteiger partial charge in [-0.25, -0.2) is 4.79 Å². The van der Waals surface area contributed by atoms with Gasteiger partial charge in [-0.1, -0.05) is 20.8 Å². The molecule has 0 radical (unpaired) electrons. The van der Waals surface area contributed by atoms with Crippen molar-refractivity contribution in [3.8, 4) is 6.07 Å². The van der Waals surface area contributed by atoms with Crippen LogP contribution in [0.5, 0.6) is 0 Å². The van der Waals surface area contributed by atoms with Crippen LogP contribution in [0, 0.1) is 28.6 Å². The average Bonchev–Trinajstić information content (AvgIpc) is 2.44. The van der Waals surface area contributed by atoms with E-state index in [1.54, 1.807) is 0 Å². The maximum absolute atomic E-state index is 10.8. The summed E-state index contributed by atoms with van der Waals surface area (Å²) in [6.45, 7) is 7.22. The summed E-state index contributed by atoms with van der Waals surface area (Å²) in [6, 6.07) is 2.22. The standard InChI is InChI=1S/C11H18N2O2/c1-11(2,3)4-8-6-13(10(14)15)7-9(8)5-12/h8-9H,4,6-7H2,1-3H3,(H,14,15). The summed E-state index contributed by atoms with van der Waals surface area (Å²) >= 11 is 0. The lowest BCUT2D eigenvalue weighted by atomic mass is 9.80. The van der Waals surface area contributed by atoms with Crippen molar-refractivity contribution >= 4 is 6.09 Å². The van der Waals surface area contributed by atoms with Gasteiger partial charge in [-0.05, 0) is 17.8 Å². The number of amides is 1. The lowest BCUT2D eigenvalue weighted by molar-refractivity contribution is 0.152. The minimum absolute atomic E-state index is 0.139. The van der Waals surface area contributed by atoms with Crippen LogP contribution in [0.15, 0.2) is 0 Å². The van der Waals surface area contributed by atoms with Crippen LogP contribution < -0.4 is 0 Å². The molecule has 1 N–H and O–H groups in total. The number of rotatable bonds is 1. The number of carboxylic acid groups (broad SMARTS) is 1. The molecule has 1 rings (SSSR count). The van der Waals surface area contributed by atoms with Crippen LogP contribution in [-0.4, -0.2) is 29.2 Å². The second-order valence-corrected chi connectivity index (χ2v) is 5.45. The molecule has 2 unspecified atom stereocenters. The third-order valence-electron chi connectivity index (χ3n) is 2.75. The Hall–Kier alpha value is -1.24. The van der Waals surface area contributed by atoms with Crippen LogP contribution in [0.25, 0.3) is 0 Å². The molecule has 0 spiro atoms. The number of hydrogen-bond donors (Lipinski definition) is 1. The predicted octanol–water partition coefficient (Wildman–Crippen LogP) is 2.17. The third kappa shape index (κ3) is 3.12. The molecule has 84 valence electrons. The Morgan fingerprint density at radius 1 is 1.53 bits per heavy atom. The normalized spacial score (nSPS) is 26.4. The number of carbonyl (C=O) groups is 1. The Kier molecular flexibility index (Phi) is 3.23. The molecule has 1 heterocycles. The maximum Gasteiger partial charge on any atom is 0.407 e. The first kappa shape index (κ1) is 11.8. The van der Waals surface area contributed by atoms with E-state index in [9.17, 15) is 4.79 Å². The van der Waals surface area contributed by atoms with Gasteiger partial charge in [0, 0.05) is 13.1 Å². The average molecular weight is 210 g/mol. The van der Waals surface area contributed by atoms with Crippen LogP contribution >= 0.6 is 0 Å². The highest BCUT2D eigenvalue weighted by Gasteiger charge is 2.37. The molecule has 4 nitrogen and oxygen atoms in total. The highest BCUT2D eigenvalue weighted by molar-refractivity contribution is 5.65. The maximum atomic E-state index is 10.8. The van der Waals surface area contributed by atoms with E-state index in [4.69, 9.17) is 10.4 Å². The first-order valence-corrected chi connectivity index (χ1v) is 5.21. The number of nitriles is 1. The summed E-state index contributed by atoms with van der Waals surface area (Å²) in [7, 11) is 0. The Morgan fingerprint density at radius 2 is 2.13 bits per heavy atom. The smallest absolute Gasteiger partial charge is 0.407 e. The van der Waals surface area contributed by atoms with Crippen molar-refractivity contribution in [1.82, 2.24) is 4.90 Å². The monoisotopic (exact) mass is 210 g/mol. The third-order valence-corrected chi connectivity index (χ3v) is 2.75.